The Morgan fingerprint density at radius 2 is 0.590 bits per heavy atom. The van der Waals surface area contributed by atoms with E-state index in [9.17, 15) is 0 Å². The van der Waals surface area contributed by atoms with Gasteiger partial charge in [0.15, 0.2) is 0 Å². The Morgan fingerprint density at radius 1 is 0.385 bits per heavy atom. The molecule has 39 heavy (non-hydrogen) atoms. The number of hydrogen-bond acceptors (Lipinski definition) is 0. The minimum atomic E-state index is -1.27. The fourth-order valence-electron chi connectivity index (χ4n) is 6.01. The zero-order valence-corrected chi connectivity index (χ0v) is 25.6. The first-order chi connectivity index (χ1) is 18.8. The molecule has 0 heterocycles. The van der Waals surface area contributed by atoms with E-state index in [-0.39, 0.29) is 0 Å². The van der Waals surface area contributed by atoms with E-state index in [1.807, 2.05) is 0 Å². The molecule has 4 aromatic carbocycles. The first kappa shape index (κ1) is 30.4. The predicted octanol–water partition coefficient (Wildman–Crippen LogP) is 5.40. The molecular weight excluding hydrogens is 469 g/mol. The Balaban J connectivity index is 0.000000360. The van der Waals surface area contributed by atoms with Crippen molar-refractivity contribution in [3.8, 4) is 0 Å². The molecule has 0 atom stereocenters. The number of nitrogens with one attached hydrogen (secondary N) is 1. The lowest BCUT2D eigenvalue weighted by molar-refractivity contribution is -0.900. The van der Waals surface area contributed by atoms with Crippen molar-refractivity contribution in [2.45, 2.75) is 67.7 Å². The van der Waals surface area contributed by atoms with E-state index in [2.05, 4.69) is 146 Å². The zero-order valence-electron chi connectivity index (χ0n) is 25.6. The van der Waals surface area contributed by atoms with E-state index in [4.69, 9.17) is 0 Å². The van der Waals surface area contributed by atoms with Crippen molar-refractivity contribution in [2.24, 2.45) is 0 Å². The summed E-state index contributed by atoms with van der Waals surface area (Å²) in [6.45, 7) is 19.5. The zero-order chi connectivity index (χ0) is 28.3. The minimum absolute atomic E-state index is 1.27. The highest BCUT2D eigenvalue weighted by molar-refractivity contribution is 7.19. The van der Waals surface area contributed by atoms with Crippen LogP contribution in [0.2, 0.25) is 0 Å². The van der Waals surface area contributed by atoms with Gasteiger partial charge in [-0.3, -0.25) is 0 Å². The maximum Gasteiger partial charge on any atom is 0.108 e. The molecule has 0 aliphatic carbocycles. The lowest BCUT2D eigenvalue weighted by Crippen LogP contribution is -3.11. The van der Waals surface area contributed by atoms with Crippen molar-refractivity contribution in [3.05, 3.63) is 119 Å². The summed E-state index contributed by atoms with van der Waals surface area (Å²) in [5, 5.41) is 0. The van der Waals surface area contributed by atoms with E-state index < -0.39 is 6.15 Å². The molecule has 0 fully saturated rings. The van der Waals surface area contributed by atoms with Crippen LogP contribution in [0.25, 0.3) is 0 Å². The number of hydrogen-bond donors (Lipinski definition) is 1. The summed E-state index contributed by atoms with van der Waals surface area (Å²) in [6, 6.07) is 36.4. The second-order valence-corrected chi connectivity index (χ2v) is 11.5. The van der Waals surface area contributed by atoms with Crippen LogP contribution in [-0.4, -0.2) is 25.8 Å². The molecule has 2 heteroatoms. The highest BCUT2D eigenvalue weighted by Gasteiger charge is 2.31. The first-order valence-corrected chi connectivity index (χ1v) is 15.1. The Bertz CT molecular complexity index is 1040. The summed E-state index contributed by atoms with van der Waals surface area (Å²) in [4.78, 5) is 1.78. The number of aryl methyl sites for hydroxylation is 4. The van der Waals surface area contributed by atoms with E-state index in [0.717, 1.165) is 0 Å². The molecule has 0 aromatic heterocycles. The highest BCUT2D eigenvalue weighted by Crippen LogP contribution is 2.12. The smallest absolute Gasteiger partial charge is 0.108 e. The fraction of sp³-hybridized carbons (Fsp3) is 0.351. The molecule has 0 spiro atoms. The number of quaternary nitrogens is 1. The van der Waals surface area contributed by atoms with E-state index in [1.165, 1.54) is 83.0 Å². The van der Waals surface area contributed by atoms with Gasteiger partial charge in [0, 0.05) is 0 Å². The maximum absolute atomic E-state index is 2.31. The molecule has 0 radical (unpaired) electrons. The van der Waals surface area contributed by atoms with Crippen molar-refractivity contribution >= 4 is 28.0 Å². The van der Waals surface area contributed by atoms with Crippen molar-refractivity contribution < 1.29 is 4.90 Å². The van der Waals surface area contributed by atoms with Crippen LogP contribution in [0.15, 0.2) is 97.1 Å². The quantitative estimate of drug-likeness (QED) is 0.268. The molecule has 4 aromatic rings. The second kappa shape index (κ2) is 14.9. The summed E-state index contributed by atoms with van der Waals surface area (Å²) >= 11 is 0. The van der Waals surface area contributed by atoms with Gasteiger partial charge in [-0.1, -0.05) is 140 Å². The molecule has 206 valence electrons. The van der Waals surface area contributed by atoms with Crippen LogP contribution in [-0.2, 0) is 0 Å². The standard InChI is InChI=1S/C28H28B.C9H21N/c1-21-5-13-25(14-6-21)29(26-15-7-22(2)8-16-26,27-17-9-23(3)10-18-27)28-19-11-24(4)12-20-28;1-4-7-10(8-5-2)9-6-3/h5-20H,1-4H3;4-9H2,1-3H3/q-1;/p+1. The van der Waals surface area contributed by atoms with E-state index >= 15 is 0 Å². The van der Waals surface area contributed by atoms with Gasteiger partial charge in [0.2, 0.25) is 0 Å². The molecule has 4 rings (SSSR count). The predicted molar refractivity (Wildman–Crippen MR) is 175 cm³/mol. The topological polar surface area (TPSA) is 4.44 Å². The van der Waals surface area contributed by atoms with Crippen molar-refractivity contribution in [2.75, 3.05) is 19.6 Å². The molecule has 0 unspecified atom stereocenters. The Kier molecular flexibility index (Phi) is 11.6. The van der Waals surface area contributed by atoms with Gasteiger partial charge in [-0.15, -0.1) is 0 Å². The number of benzene rings is 4. The molecule has 0 amide bonds. The first-order valence-electron chi connectivity index (χ1n) is 15.1. The van der Waals surface area contributed by atoms with Crippen LogP contribution in [0.4, 0.5) is 0 Å². The Hall–Kier alpha value is -3.10. The second-order valence-electron chi connectivity index (χ2n) is 11.5. The average Bonchev–Trinajstić information content (AvgIpc) is 2.93. The van der Waals surface area contributed by atoms with Gasteiger partial charge >= 0.3 is 0 Å². The van der Waals surface area contributed by atoms with Crippen molar-refractivity contribution in [1.29, 1.82) is 0 Å². The van der Waals surface area contributed by atoms with Gasteiger partial charge < -0.3 is 4.90 Å². The van der Waals surface area contributed by atoms with Gasteiger partial charge in [0.25, 0.3) is 0 Å². The summed E-state index contributed by atoms with van der Waals surface area (Å²) < 4.78 is 0. The van der Waals surface area contributed by atoms with Gasteiger partial charge in [-0.2, -0.15) is 21.9 Å². The van der Waals surface area contributed by atoms with Crippen LogP contribution < -0.4 is 26.8 Å². The third-order valence-electron chi connectivity index (χ3n) is 8.12. The number of rotatable bonds is 10. The van der Waals surface area contributed by atoms with Crippen molar-refractivity contribution in [3.63, 3.8) is 0 Å². The fourth-order valence-corrected chi connectivity index (χ4v) is 6.01. The third-order valence-corrected chi connectivity index (χ3v) is 8.12. The van der Waals surface area contributed by atoms with Crippen LogP contribution in [0.3, 0.4) is 0 Å². The van der Waals surface area contributed by atoms with Gasteiger partial charge in [0.1, 0.15) is 6.15 Å². The molecular formula is C37H50BN. The Morgan fingerprint density at radius 3 is 0.769 bits per heavy atom. The Labute approximate surface area is 239 Å². The minimum Gasteiger partial charge on any atom is -0.335 e. The molecule has 0 saturated heterocycles. The molecule has 0 aliphatic heterocycles. The monoisotopic (exact) mass is 519 g/mol. The molecule has 0 aliphatic rings. The van der Waals surface area contributed by atoms with Gasteiger partial charge in [-0.25, -0.2) is 0 Å². The average molecular weight is 520 g/mol. The molecule has 0 bridgehead atoms. The lowest BCUT2D eigenvalue weighted by atomic mass is 9.13. The van der Waals surface area contributed by atoms with Gasteiger partial charge in [0.05, 0.1) is 19.6 Å². The summed E-state index contributed by atoms with van der Waals surface area (Å²) in [7, 11) is 0. The summed E-state index contributed by atoms with van der Waals surface area (Å²) in [5.74, 6) is 0. The van der Waals surface area contributed by atoms with Crippen LogP contribution >= 0.6 is 0 Å². The van der Waals surface area contributed by atoms with E-state index in [0.29, 0.717) is 0 Å². The highest BCUT2D eigenvalue weighted by atomic mass is 15.1. The van der Waals surface area contributed by atoms with Crippen molar-refractivity contribution in [1.82, 2.24) is 0 Å². The SMILES string of the molecule is CCC[NH+](CCC)CCC.Cc1ccc([B-](c2ccc(C)cc2)(c2ccc(C)cc2)c2ccc(C)cc2)cc1. The summed E-state index contributed by atoms with van der Waals surface area (Å²) in [6.07, 6.45) is 2.71. The summed E-state index contributed by atoms with van der Waals surface area (Å²) in [5.41, 5.74) is 10.6. The lowest BCUT2D eigenvalue weighted by Gasteiger charge is -2.44. The molecule has 1 nitrogen and oxygen atoms in total. The third kappa shape index (κ3) is 7.73. The normalized spacial score (nSPS) is 11.3. The van der Waals surface area contributed by atoms with Crippen LogP contribution in [0, 0.1) is 27.7 Å². The van der Waals surface area contributed by atoms with Crippen LogP contribution in [0.5, 0.6) is 0 Å². The van der Waals surface area contributed by atoms with Crippen LogP contribution in [0.1, 0.15) is 62.3 Å². The molecule has 1 N–H and O–H groups in total. The van der Waals surface area contributed by atoms with Gasteiger partial charge in [-0.05, 0) is 47.0 Å². The largest absolute Gasteiger partial charge is 0.335 e. The molecule has 0 saturated carbocycles. The van der Waals surface area contributed by atoms with E-state index in [1.54, 1.807) is 4.90 Å². The maximum atomic E-state index is 2.31.